The molecule has 20 heavy (non-hydrogen) atoms. The molecule has 0 N–H and O–H groups in total. The fourth-order valence-corrected chi connectivity index (χ4v) is 1.64. The molecule has 7 heteroatoms. The summed E-state index contributed by atoms with van der Waals surface area (Å²) in [6.45, 7) is 0. The Kier molecular flexibility index (Phi) is 3.69. The number of carbonyl (C=O) groups is 1. The van der Waals surface area contributed by atoms with Crippen LogP contribution in [0, 0.1) is 16.1 Å². The number of carbonyl (C=O) groups excluding carboxylic acids is 1. The Morgan fingerprint density at radius 2 is 1.95 bits per heavy atom. The van der Waals surface area contributed by atoms with E-state index >= 15 is 0 Å². The molecule has 0 saturated carbocycles. The molecule has 0 saturated heterocycles. The molecule has 0 aliphatic carbocycles. The first kappa shape index (κ1) is 13.6. The van der Waals surface area contributed by atoms with E-state index in [4.69, 9.17) is 0 Å². The van der Waals surface area contributed by atoms with Crippen molar-refractivity contribution in [3.05, 3.63) is 64.2 Å². The van der Waals surface area contributed by atoms with Crippen molar-refractivity contribution in [2.75, 3.05) is 11.9 Å². The summed E-state index contributed by atoms with van der Waals surface area (Å²) < 4.78 is 13.0. The summed E-state index contributed by atoms with van der Waals surface area (Å²) in [4.78, 5) is 26.8. The molecule has 0 radical (unpaired) electrons. The third-order valence-corrected chi connectivity index (χ3v) is 2.73. The Hall–Kier alpha value is -2.83. The minimum Gasteiger partial charge on any atom is -0.311 e. The van der Waals surface area contributed by atoms with Crippen LogP contribution in [0.5, 0.6) is 0 Å². The maximum atomic E-state index is 13.0. The topological polar surface area (TPSA) is 76.3 Å². The van der Waals surface area contributed by atoms with E-state index in [0.29, 0.717) is 5.69 Å². The second kappa shape index (κ2) is 5.43. The number of non-ortho nitro benzene ring substituents is 1. The van der Waals surface area contributed by atoms with Gasteiger partial charge in [0.2, 0.25) is 5.95 Å². The van der Waals surface area contributed by atoms with E-state index in [-0.39, 0.29) is 11.3 Å². The smallest absolute Gasteiger partial charge is 0.269 e. The Balaban J connectivity index is 2.24. The molecular formula is C13H10FN3O3. The maximum absolute atomic E-state index is 13.0. The molecule has 0 spiro atoms. The first-order chi connectivity index (χ1) is 9.49. The molecule has 0 unspecified atom stereocenters. The summed E-state index contributed by atoms with van der Waals surface area (Å²) in [6.07, 6.45) is 1.20. The van der Waals surface area contributed by atoms with E-state index in [2.05, 4.69) is 4.98 Å². The van der Waals surface area contributed by atoms with Gasteiger partial charge in [-0.3, -0.25) is 14.9 Å². The second-order valence-electron chi connectivity index (χ2n) is 4.00. The molecular weight excluding hydrogens is 265 g/mol. The van der Waals surface area contributed by atoms with E-state index in [1.165, 1.54) is 48.5 Å². The highest BCUT2D eigenvalue weighted by Crippen LogP contribution is 2.20. The van der Waals surface area contributed by atoms with E-state index in [1.807, 2.05) is 0 Å². The van der Waals surface area contributed by atoms with Crippen LogP contribution in [0.15, 0.2) is 42.6 Å². The van der Waals surface area contributed by atoms with Gasteiger partial charge in [-0.15, -0.1) is 0 Å². The third-order valence-electron chi connectivity index (χ3n) is 2.73. The minimum absolute atomic E-state index is 0.0652. The lowest BCUT2D eigenvalue weighted by Crippen LogP contribution is -2.26. The van der Waals surface area contributed by atoms with Gasteiger partial charge >= 0.3 is 0 Å². The fraction of sp³-hybridized carbons (Fsp3) is 0.0769. The third kappa shape index (κ3) is 2.77. The molecule has 1 amide bonds. The zero-order valence-corrected chi connectivity index (χ0v) is 10.5. The number of amides is 1. The number of pyridine rings is 1. The zero-order valence-electron chi connectivity index (χ0n) is 10.5. The van der Waals surface area contributed by atoms with Gasteiger partial charge in [-0.05, 0) is 18.2 Å². The van der Waals surface area contributed by atoms with Gasteiger partial charge in [0.05, 0.1) is 4.92 Å². The summed E-state index contributed by atoms with van der Waals surface area (Å²) in [6, 6.07) is 7.93. The first-order valence-electron chi connectivity index (χ1n) is 5.63. The molecule has 6 nitrogen and oxygen atoms in total. The number of nitro benzene ring substituents is 1. The van der Waals surface area contributed by atoms with Gasteiger partial charge in [-0.25, -0.2) is 4.98 Å². The van der Waals surface area contributed by atoms with Crippen molar-refractivity contribution >= 4 is 17.3 Å². The van der Waals surface area contributed by atoms with Crippen LogP contribution in [0.25, 0.3) is 0 Å². The van der Waals surface area contributed by atoms with Crippen LogP contribution < -0.4 is 4.90 Å². The normalized spacial score (nSPS) is 10.1. The molecule has 0 fully saturated rings. The van der Waals surface area contributed by atoms with Crippen LogP contribution in [0.2, 0.25) is 0 Å². The van der Waals surface area contributed by atoms with Crippen molar-refractivity contribution in [3.8, 4) is 0 Å². The van der Waals surface area contributed by atoms with Crippen molar-refractivity contribution in [2.45, 2.75) is 0 Å². The van der Waals surface area contributed by atoms with Gasteiger partial charge in [-0.2, -0.15) is 4.39 Å². The maximum Gasteiger partial charge on any atom is 0.269 e. The van der Waals surface area contributed by atoms with Crippen molar-refractivity contribution in [2.24, 2.45) is 0 Å². The second-order valence-corrected chi connectivity index (χ2v) is 4.00. The van der Waals surface area contributed by atoms with E-state index in [9.17, 15) is 19.3 Å². The molecule has 0 atom stereocenters. The number of anilines is 1. The predicted molar refractivity (Wildman–Crippen MR) is 70.0 cm³/mol. The molecule has 0 bridgehead atoms. The van der Waals surface area contributed by atoms with Crippen molar-refractivity contribution in [3.63, 3.8) is 0 Å². The SMILES string of the molecule is CN(C(=O)c1ccnc(F)c1)c1ccc([N+](=O)[O-])cc1. The van der Waals surface area contributed by atoms with Crippen molar-refractivity contribution in [1.29, 1.82) is 0 Å². The number of hydrogen-bond acceptors (Lipinski definition) is 4. The summed E-state index contributed by atoms with van der Waals surface area (Å²) in [5.41, 5.74) is 0.556. The Morgan fingerprint density at radius 1 is 1.30 bits per heavy atom. The lowest BCUT2D eigenvalue weighted by Gasteiger charge is -2.17. The van der Waals surface area contributed by atoms with E-state index in [0.717, 1.165) is 6.07 Å². The lowest BCUT2D eigenvalue weighted by molar-refractivity contribution is -0.384. The van der Waals surface area contributed by atoms with Crippen LogP contribution in [0.4, 0.5) is 15.8 Å². The van der Waals surface area contributed by atoms with E-state index in [1.54, 1.807) is 0 Å². The summed E-state index contributed by atoms with van der Waals surface area (Å²) >= 11 is 0. The number of aromatic nitrogens is 1. The highest BCUT2D eigenvalue weighted by molar-refractivity contribution is 6.05. The van der Waals surface area contributed by atoms with Gasteiger partial charge in [-0.1, -0.05) is 0 Å². The summed E-state index contributed by atoms with van der Waals surface area (Å²) in [7, 11) is 1.50. The fourth-order valence-electron chi connectivity index (χ4n) is 1.64. The number of hydrogen-bond donors (Lipinski definition) is 0. The summed E-state index contributed by atoms with van der Waals surface area (Å²) in [5, 5.41) is 10.6. The molecule has 102 valence electrons. The standard InChI is InChI=1S/C13H10FN3O3/c1-16(10-2-4-11(5-3-10)17(19)20)13(18)9-6-7-15-12(14)8-9/h2-8H,1H3. The van der Waals surface area contributed by atoms with Crippen molar-refractivity contribution in [1.82, 2.24) is 4.98 Å². The van der Waals surface area contributed by atoms with Gasteiger partial charge in [0.25, 0.3) is 11.6 Å². The summed E-state index contributed by atoms with van der Waals surface area (Å²) in [5.74, 6) is -1.17. The first-order valence-corrected chi connectivity index (χ1v) is 5.63. The highest BCUT2D eigenvalue weighted by atomic mass is 19.1. The Labute approximate surface area is 113 Å². The zero-order chi connectivity index (χ0) is 14.7. The highest BCUT2D eigenvalue weighted by Gasteiger charge is 2.15. The molecule has 0 aliphatic heterocycles. The van der Waals surface area contributed by atoms with Crippen molar-refractivity contribution < 1.29 is 14.1 Å². The van der Waals surface area contributed by atoms with Gasteiger partial charge < -0.3 is 4.90 Å². The molecule has 0 aliphatic rings. The van der Waals surface area contributed by atoms with Crippen LogP contribution >= 0.6 is 0 Å². The number of benzene rings is 1. The average molecular weight is 275 g/mol. The predicted octanol–water partition coefficient (Wildman–Crippen LogP) is 2.41. The molecule has 1 aromatic carbocycles. The Morgan fingerprint density at radius 3 is 2.50 bits per heavy atom. The quantitative estimate of drug-likeness (QED) is 0.489. The van der Waals surface area contributed by atoms with E-state index < -0.39 is 16.8 Å². The van der Waals surface area contributed by atoms with Gasteiger partial charge in [0.15, 0.2) is 0 Å². The van der Waals surface area contributed by atoms with Crippen LogP contribution in [-0.4, -0.2) is 22.9 Å². The average Bonchev–Trinajstić information content (AvgIpc) is 2.46. The van der Waals surface area contributed by atoms with Crippen LogP contribution in [0.3, 0.4) is 0 Å². The van der Waals surface area contributed by atoms with Crippen LogP contribution in [-0.2, 0) is 0 Å². The minimum atomic E-state index is -0.743. The number of halogens is 1. The molecule has 2 rings (SSSR count). The molecule has 1 heterocycles. The van der Waals surface area contributed by atoms with Crippen LogP contribution in [0.1, 0.15) is 10.4 Å². The number of nitro groups is 1. The number of nitrogens with zero attached hydrogens (tertiary/aromatic N) is 3. The van der Waals surface area contributed by atoms with Gasteiger partial charge in [0.1, 0.15) is 0 Å². The Bertz CT molecular complexity index is 658. The molecule has 2 aromatic rings. The lowest BCUT2D eigenvalue weighted by atomic mass is 10.2. The number of rotatable bonds is 3. The molecule has 1 aromatic heterocycles. The van der Waals surface area contributed by atoms with Gasteiger partial charge in [0, 0.05) is 42.7 Å². The monoisotopic (exact) mass is 275 g/mol. The largest absolute Gasteiger partial charge is 0.311 e.